The van der Waals surface area contributed by atoms with Crippen LogP contribution in [0.25, 0.3) is 0 Å². The number of hydrogen-bond acceptors (Lipinski definition) is 7. The zero-order chi connectivity index (χ0) is 29.4. The molecule has 3 saturated heterocycles. The summed E-state index contributed by atoms with van der Waals surface area (Å²) < 4.78 is 26.0. The summed E-state index contributed by atoms with van der Waals surface area (Å²) in [6.07, 6.45) is 13.5. The molecule has 0 radical (unpaired) electrons. The van der Waals surface area contributed by atoms with Crippen LogP contribution in [0.15, 0.2) is 6.33 Å². The third-order valence-electron chi connectivity index (χ3n) is 11.0. The van der Waals surface area contributed by atoms with Crippen LogP contribution >= 0.6 is 0 Å². The molecule has 9 nitrogen and oxygen atoms in total. The van der Waals surface area contributed by atoms with Crippen LogP contribution < -0.4 is 0 Å². The fourth-order valence-corrected chi connectivity index (χ4v) is 9.30. The fraction of sp³-hybridized carbons (Fsp3) is 0.839. The lowest BCUT2D eigenvalue weighted by Crippen LogP contribution is -2.65. The van der Waals surface area contributed by atoms with Crippen LogP contribution in [0.1, 0.15) is 93.4 Å². The lowest BCUT2D eigenvalue weighted by Gasteiger charge is -2.55. The summed E-state index contributed by atoms with van der Waals surface area (Å²) in [6.45, 7) is 14.7. The van der Waals surface area contributed by atoms with E-state index in [0.717, 1.165) is 75.7 Å². The third-order valence-corrected chi connectivity index (χ3v) is 12.3. The maximum Gasteiger partial charge on any atom is 0.257 e. The maximum atomic E-state index is 13.4. The minimum Gasteiger partial charge on any atom is -0.338 e. The van der Waals surface area contributed by atoms with Gasteiger partial charge in [-0.25, -0.2) is 22.7 Å². The van der Waals surface area contributed by atoms with Crippen LogP contribution in [-0.2, 0) is 10.0 Å². The van der Waals surface area contributed by atoms with Crippen molar-refractivity contribution >= 4 is 15.9 Å². The number of carbonyl (C=O) groups is 1. The Kier molecular flexibility index (Phi) is 9.43. The standard InChI is InChI=1S/C31H52N6O3S/c1-23-21-35(31(4)13-17-34(18-14-31)30(38)28-24(2)32-22-33-25(28)3)19-20-37(23)29(26-9-7-6-8-10-26)27-11-15-36(16-12-27)41(5,39)40/h22-23,26-27,29H,6-21H2,1-5H3/t23-,29+/m0/s1. The zero-order valence-corrected chi connectivity index (χ0v) is 26.8. The summed E-state index contributed by atoms with van der Waals surface area (Å²) in [6, 6.07) is 1.02. The van der Waals surface area contributed by atoms with Gasteiger partial charge in [0, 0.05) is 63.4 Å². The molecule has 1 amide bonds. The highest BCUT2D eigenvalue weighted by molar-refractivity contribution is 7.88. The van der Waals surface area contributed by atoms with E-state index in [4.69, 9.17) is 0 Å². The minimum absolute atomic E-state index is 0.0677. The van der Waals surface area contributed by atoms with Gasteiger partial charge in [0.15, 0.2) is 0 Å². The SMILES string of the molecule is Cc1ncnc(C)c1C(=O)N1CCC(C)(N2CCN([C@H](C3CCCCC3)C3CCN(S(C)(=O)=O)CC3)[C@@H](C)C2)CC1. The van der Waals surface area contributed by atoms with Gasteiger partial charge in [-0.3, -0.25) is 14.6 Å². The van der Waals surface area contributed by atoms with E-state index in [-0.39, 0.29) is 11.4 Å². The first-order valence-electron chi connectivity index (χ1n) is 16.0. The molecule has 0 N–H and O–H groups in total. The van der Waals surface area contributed by atoms with Gasteiger partial charge < -0.3 is 4.90 Å². The maximum absolute atomic E-state index is 13.4. The highest BCUT2D eigenvalue weighted by Crippen LogP contribution is 2.40. The number of nitrogens with zero attached hydrogens (tertiary/aromatic N) is 6. The number of sulfonamides is 1. The Morgan fingerprint density at radius 3 is 2.05 bits per heavy atom. The van der Waals surface area contributed by atoms with Crippen molar-refractivity contribution in [2.45, 2.75) is 103 Å². The molecule has 1 saturated carbocycles. The van der Waals surface area contributed by atoms with Crippen molar-refractivity contribution in [3.63, 3.8) is 0 Å². The second-order valence-corrected chi connectivity index (χ2v) is 15.6. The van der Waals surface area contributed by atoms with Crippen molar-refractivity contribution in [2.75, 3.05) is 52.1 Å². The third kappa shape index (κ3) is 6.65. The zero-order valence-electron chi connectivity index (χ0n) is 26.0. The number of hydrogen-bond donors (Lipinski definition) is 0. The summed E-state index contributed by atoms with van der Waals surface area (Å²) in [5.74, 6) is 1.37. The van der Waals surface area contributed by atoms with E-state index in [9.17, 15) is 13.2 Å². The molecule has 0 spiro atoms. The Bertz CT molecular complexity index is 1150. The van der Waals surface area contributed by atoms with E-state index in [1.54, 1.807) is 4.31 Å². The number of amides is 1. The first-order chi connectivity index (χ1) is 19.5. The number of likely N-dealkylation sites (tertiary alicyclic amines) is 1. The van der Waals surface area contributed by atoms with E-state index >= 15 is 0 Å². The van der Waals surface area contributed by atoms with E-state index < -0.39 is 10.0 Å². The minimum atomic E-state index is -3.11. The topological polar surface area (TPSA) is 90.0 Å². The van der Waals surface area contributed by atoms with Crippen molar-refractivity contribution < 1.29 is 13.2 Å². The van der Waals surface area contributed by atoms with Gasteiger partial charge in [-0.1, -0.05) is 19.3 Å². The quantitative estimate of drug-likeness (QED) is 0.501. The Morgan fingerprint density at radius 1 is 0.902 bits per heavy atom. The average molecular weight is 589 g/mol. The lowest BCUT2D eigenvalue weighted by atomic mass is 9.74. The Balaban J connectivity index is 1.23. The van der Waals surface area contributed by atoms with Crippen LogP contribution in [0, 0.1) is 25.7 Å². The number of aromatic nitrogens is 2. The highest BCUT2D eigenvalue weighted by Gasteiger charge is 2.44. The second-order valence-electron chi connectivity index (χ2n) is 13.6. The molecule has 0 unspecified atom stereocenters. The molecule has 4 aliphatic rings. The molecule has 2 atom stereocenters. The number of carbonyl (C=O) groups excluding carboxylic acids is 1. The molecule has 230 valence electrons. The number of rotatable bonds is 6. The summed E-state index contributed by atoms with van der Waals surface area (Å²) in [4.78, 5) is 29.4. The summed E-state index contributed by atoms with van der Waals surface area (Å²) >= 11 is 0. The summed E-state index contributed by atoms with van der Waals surface area (Å²) in [5.41, 5.74) is 2.27. The predicted octanol–water partition coefficient (Wildman–Crippen LogP) is 3.71. The van der Waals surface area contributed by atoms with Crippen LogP contribution in [0.3, 0.4) is 0 Å². The second kappa shape index (κ2) is 12.5. The molecule has 1 aromatic heterocycles. The van der Waals surface area contributed by atoms with Gasteiger partial charge in [0.1, 0.15) is 6.33 Å². The van der Waals surface area contributed by atoms with E-state index in [1.165, 1.54) is 44.7 Å². The van der Waals surface area contributed by atoms with Crippen molar-refractivity contribution in [2.24, 2.45) is 11.8 Å². The van der Waals surface area contributed by atoms with E-state index in [1.807, 2.05) is 18.7 Å². The van der Waals surface area contributed by atoms with Gasteiger partial charge >= 0.3 is 0 Å². The Hall–Kier alpha value is -1.62. The van der Waals surface area contributed by atoms with Crippen LogP contribution in [0.4, 0.5) is 0 Å². The van der Waals surface area contributed by atoms with Crippen LogP contribution in [-0.4, -0.2) is 113 Å². The molecular formula is C31H52N6O3S. The molecule has 0 bridgehead atoms. The lowest BCUT2D eigenvalue weighted by molar-refractivity contribution is -0.0571. The van der Waals surface area contributed by atoms with Gasteiger partial charge in [-0.15, -0.1) is 0 Å². The smallest absolute Gasteiger partial charge is 0.257 e. The molecule has 4 fully saturated rings. The van der Waals surface area contributed by atoms with Crippen LogP contribution in [0.2, 0.25) is 0 Å². The molecule has 4 heterocycles. The first kappa shape index (κ1) is 30.8. The van der Waals surface area contributed by atoms with Crippen molar-refractivity contribution in [1.82, 2.24) is 29.0 Å². The molecule has 1 aliphatic carbocycles. The fourth-order valence-electron chi connectivity index (χ4n) is 8.42. The van der Waals surface area contributed by atoms with E-state index in [0.29, 0.717) is 36.7 Å². The number of piperazine rings is 1. The van der Waals surface area contributed by atoms with Gasteiger partial charge in [0.25, 0.3) is 5.91 Å². The van der Waals surface area contributed by atoms with Crippen molar-refractivity contribution in [3.05, 3.63) is 23.3 Å². The molecule has 0 aromatic carbocycles. The van der Waals surface area contributed by atoms with Crippen molar-refractivity contribution in [1.29, 1.82) is 0 Å². The van der Waals surface area contributed by atoms with E-state index in [2.05, 4.69) is 33.6 Å². The molecule has 1 aromatic rings. The molecule has 3 aliphatic heterocycles. The summed E-state index contributed by atoms with van der Waals surface area (Å²) in [5, 5.41) is 0. The van der Waals surface area contributed by atoms with Crippen molar-refractivity contribution in [3.8, 4) is 0 Å². The van der Waals surface area contributed by atoms with Gasteiger partial charge in [-0.2, -0.15) is 0 Å². The monoisotopic (exact) mass is 588 g/mol. The Morgan fingerprint density at radius 2 is 1.49 bits per heavy atom. The Labute approximate surface area is 248 Å². The largest absolute Gasteiger partial charge is 0.338 e. The first-order valence-corrected chi connectivity index (χ1v) is 17.9. The molecule has 10 heteroatoms. The number of piperidine rings is 2. The van der Waals surface area contributed by atoms with Crippen LogP contribution in [0.5, 0.6) is 0 Å². The average Bonchev–Trinajstić information content (AvgIpc) is 2.94. The van der Waals surface area contributed by atoms with Gasteiger partial charge in [-0.05, 0) is 78.1 Å². The number of aryl methyl sites for hydroxylation is 2. The molecule has 41 heavy (non-hydrogen) atoms. The molecular weight excluding hydrogens is 536 g/mol. The highest BCUT2D eigenvalue weighted by atomic mass is 32.2. The van der Waals surface area contributed by atoms with Gasteiger partial charge in [0.05, 0.1) is 23.2 Å². The summed E-state index contributed by atoms with van der Waals surface area (Å²) in [7, 11) is -3.11. The molecule has 5 rings (SSSR count). The van der Waals surface area contributed by atoms with Gasteiger partial charge in [0.2, 0.25) is 10.0 Å². The normalized spacial score (nSPS) is 27.1. The predicted molar refractivity (Wildman–Crippen MR) is 162 cm³/mol.